The molecule has 4 heteroatoms. The van der Waals surface area contributed by atoms with Crippen molar-refractivity contribution in [1.29, 1.82) is 0 Å². The molecular formula is C17H27N3S. The number of anilines is 1. The molecule has 1 aromatic heterocycles. The van der Waals surface area contributed by atoms with E-state index in [1.165, 1.54) is 67.2 Å². The number of aryl methyl sites for hydroxylation is 1. The zero-order valence-electron chi connectivity index (χ0n) is 13.1. The number of thiazole rings is 1. The Morgan fingerprint density at radius 3 is 2.86 bits per heavy atom. The number of rotatable bonds is 5. The van der Waals surface area contributed by atoms with E-state index < -0.39 is 0 Å². The summed E-state index contributed by atoms with van der Waals surface area (Å²) in [5.41, 5.74) is 1.34. The summed E-state index contributed by atoms with van der Waals surface area (Å²) < 4.78 is 0. The third-order valence-corrected chi connectivity index (χ3v) is 6.60. The number of hydrogen-bond donors (Lipinski definition) is 1. The topological polar surface area (TPSA) is 28.2 Å². The van der Waals surface area contributed by atoms with Gasteiger partial charge in [0.05, 0.1) is 5.69 Å². The van der Waals surface area contributed by atoms with Gasteiger partial charge in [-0.15, -0.1) is 11.3 Å². The van der Waals surface area contributed by atoms with Crippen molar-refractivity contribution >= 4 is 16.5 Å². The first-order chi connectivity index (χ1) is 10.3. The minimum absolute atomic E-state index is 0.787. The van der Waals surface area contributed by atoms with Crippen molar-refractivity contribution in [2.45, 2.75) is 76.9 Å². The molecule has 2 heterocycles. The molecule has 2 unspecified atom stereocenters. The Balaban J connectivity index is 1.52. The zero-order chi connectivity index (χ0) is 14.2. The third-order valence-electron chi connectivity index (χ3n) is 5.47. The van der Waals surface area contributed by atoms with E-state index >= 15 is 0 Å². The van der Waals surface area contributed by atoms with Gasteiger partial charge in [-0.1, -0.05) is 13.3 Å². The summed E-state index contributed by atoms with van der Waals surface area (Å²) in [6, 6.07) is 1.58. The quantitative estimate of drug-likeness (QED) is 0.898. The molecule has 4 rings (SSSR count). The zero-order valence-corrected chi connectivity index (χ0v) is 13.9. The first kappa shape index (κ1) is 14.0. The highest BCUT2D eigenvalue weighted by Crippen LogP contribution is 2.41. The van der Waals surface area contributed by atoms with E-state index in [1.54, 1.807) is 0 Å². The molecule has 0 amide bonds. The summed E-state index contributed by atoms with van der Waals surface area (Å²) >= 11 is 1.96. The molecule has 1 aromatic rings. The highest BCUT2D eigenvalue weighted by atomic mass is 32.1. The summed E-state index contributed by atoms with van der Waals surface area (Å²) in [7, 11) is 0. The second-order valence-electron chi connectivity index (χ2n) is 6.97. The van der Waals surface area contributed by atoms with E-state index in [-0.39, 0.29) is 0 Å². The van der Waals surface area contributed by atoms with Crippen LogP contribution in [0.25, 0.3) is 0 Å². The maximum Gasteiger partial charge on any atom is 0.186 e. The SMILES string of the molecule is CCc1nc(N2CCCC3CCCC32)sc1CNC1CC1. The van der Waals surface area contributed by atoms with Crippen LogP contribution in [0.1, 0.15) is 62.4 Å². The van der Waals surface area contributed by atoms with Gasteiger partial charge in [-0.05, 0) is 50.9 Å². The molecule has 0 radical (unpaired) electrons. The molecule has 1 saturated heterocycles. The van der Waals surface area contributed by atoms with Crippen molar-refractivity contribution in [3.8, 4) is 0 Å². The minimum Gasteiger partial charge on any atom is -0.345 e. The summed E-state index contributed by atoms with van der Waals surface area (Å²) in [5, 5.41) is 4.98. The standard InChI is InChI=1S/C17H27N3S/c1-2-14-16(11-18-13-8-9-13)21-17(19-14)20-10-4-6-12-5-3-7-15(12)20/h12-13,15,18H,2-11H2,1H3. The van der Waals surface area contributed by atoms with Gasteiger partial charge in [0.15, 0.2) is 5.13 Å². The Morgan fingerprint density at radius 1 is 1.19 bits per heavy atom. The highest BCUT2D eigenvalue weighted by molar-refractivity contribution is 7.15. The summed E-state index contributed by atoms with van der Waals surface area (Å²) in [5.74, 6) is 0.945. The Hall–Kier alpha value is -0.610. The summed E-state index contributed by atoms with van der Waals surface area (Å²) in [4.78, 5) is 9.16. The number of hydrogen-bond acceptors (Lipinski definition) is 4. The van der Waals surface area contributed by atoms with Gasteiger partial charge in [0, 0.05) is 30.1 Å². The van der Waals surface area contributed by atoms with Gasteiger partial charge in [0.2, 0.25) is 0 Å². The molecule has 2 saturated carbocycles. The summed E-state index contributed by atoms with van der Waals surface area (Å²) in [6.45, 7) is 4.51. The molecule has 0 spiro atoms. The van der Waals surface area contributed by atoms with Crippen molar-refractivity contribution in [1.82, 2.24) is 10.3 Å². The van der Waals surface area contributed by atoms with Crippen LogP contribution in [0.2, 0.25) is 0 Å². The molecule has 1 N–H and O–H groups in total. The van der Waals surface area contributed by atoms with Crippen molar-refractivity contribution in [2.24, 2.45) is 5.92 Å². The van der Waals surface area contributed by atoms with Crippen LogP contribution in [0.4, 0.5) is 5.13 Å². The van der Waals surface area contributed by atoms with Gasteiger partial charge in [-0.2, -0.15) is 0 Å². The van der Waals surface area contributed by atoms with Crippen LogP contribution >= 0.6 is 11.3 Å². The predicted molar refractivity (Wildman–Crippen MR) is 89.1 cm³/mol. The van der Waals surface area contributed by atoms with Crippen LogP contribution in [-0.2, 0) is 13.0 Å². The first-order valence-electron chi connectivity index (χ1n) is 8.83. The molecule has 2 atom stereocenters. The van der Waals surface area contributed by atoms with Crippen LogP contribution in [0.15, 0.2) is 0 Å². The Bertz CT molecular complexity index is 494. The lowest BCUT2D eigenvalue weighted by Gasteiger charge is -2.37. The smallest absolute Gasteiger partial charge is 0.186 e. The number of nitrogens with zero attached hydrogens (tertiary/aromatic N) is 2. The van der Waals surface area contributed by atoms with Crippen LogP contribution in [-0.4, -0.2) is 23.6 Å². The fourth-order valence-corrected chi connectivity index (χ4v) is 5.31. The minimum atomic E-state index is 0.787. The van der Waals surface area contributed by atoms with Gasteiger partial charge < -0.3 is 10.2 Å². The average molecular weight is 305 g/mol. The maximum atomic E-state index is 5.02. The lowest BCUT2D eigenvalue weighted by atomic mass is 9.92. The third kappa shape index (κ3) is 2.85. The van der Waals surface area contributed by atoms with Crippen molar-refractivity contribution in [3.05, 3.63) is 10.6 Å². The van der Waals surface area contributed by atoms with Crippen molar-refractivity contribution in [3.63, 3.8) is 0 Å². The molecule has 2 aliphatic carbocycles. The Morgan fingerprint density at radius 2 is 2.05 bits per heavy atom. The molecule has 116 valence electrons. The van der Waals surface area contributed by atoms with E-state index in [1.807, 2.05) is 11.3 Å². The number of fused-ring (bicyclic) bond motifs is 1. The number of piperidine rings is 1. The van der Waals surface area contributed by atoms with E-state index in [0.29, 0.717) is 0 Å². The monoisotopic (exact) mass is 305 g/mol. The Kier molecular flexibility index (Phi) is 3.92. The van der Waals surface area contributed by atoms with Crippen LogP contribution in [0.5, 0.6) is 0 Å². The second-order valence-corrected chi connectivity index (χ2v) is 8.03. The molecule has 3 fully saturated rings. The van der Waals surface area contributed by atoms with Crippen LogP contribution in [0.3, 0.4) is 0 Å². The molecule has 1 aliphatic heterocycles. The fraction of sp³-hybridized carbons (Fsp3) is 0.824. The normalized spacial score (nSPS) is 28.9. The average Bonchev–Trinajstić information content (AvgIpc) is 3.06. The maximum absolute atomic E-state index is 5.02. The van der Waals surface area contributed by atoms with E-state index in [2.05, 4.69) is 17.1 Å². The molecule has 3 aliphatic rings. The molecular weight excluding hydrogens is 278 g/mol. The van der Waals surface area contributed by atoms with Gasteiger partial charge in [-0.25, -0.2) is 4.98 Å². The molecule has 21 heavy (non-hydrogen) atoms. The van der Waals surface area contributed by atoms with E-state index in [4.69, 9.17) is 4.98 Å². The molecule has 3 nitrogen and oxygen atoms in total. The van der Waals surface area contributed by atoms with Gasteiger partial charge in [-0.3, -0.25) is 0 Å². The second kappa shape index (κ2) is 5.88. The number of nitrogens with one attached hydrogen (secondary N) is 1. The van der Waals surface area contributed by atoms with Crippen LogP contribution < -0.4 is 10.2 Å². The largest absolute Gasteiger partial charge is 0.345 e. The predicted octanol–water partition coefficient (Wildman–Crippen LogP) is 3.73. The van der Waals surface area contributed by atoms with Gasteiger partial charge in [0.1, 0.15) is 0 Å². The van der Waals surface area contributed by atoms with E-state index in [9.17, 15) is 0 Å². The lowest BCUT2D eigenvalue weighted by Crippen LogP contribution is -2.42. The summed E-state index contributed by atoms with van der Waals surface area (Å²) in [6.07, 6.45) is 10.9. The Labute approximate surface area is 132 Å². The molecule has 0 aromatic carbocycles. The lowest BCUT2D eigenvalue weighted by molar-refractivity contribution is 0.362. The van der Waals surface area contributed by atoms with Crippen molar-refractivity contribution < 1.29 is 0 Å². The number of aromatic nitrogens is 1. The highest BCUT2D eigenvalue weighted by Gasteiger charge is 2.36. The fourth-order valence-electron chi connectivity index (χ4n) is 4.12. The van der Waals surface area contributed by atoms with E-state index in [0.717, 1.165) is 31.0 Å². The van der Waals surface area contributed by atoms with Crippen molar-refractivity contribution in [2.75, 3.05) is 11.4 Å². The first-order valence-corrected chi connectivity index (χ1v) is 9.65. The molecule has 0 bridgehead atoms. The van der Waals surface area contributed by atoms with Gasteiger partial charge in [0.25, 0.3) is 0 Å². The van der Waals surface area contributed by atoms with Gasteiger partial charge >= 0.3 is 0 Å². The van der Waals surface area contributed by atoms with Crippen LogP contribution in [0, 0.1) is 5.92 Å².